The molecule has 0 aliphatic carbocycles. The summed E-state index contributed by atoms with van der Waals surface area (Å²) < 4.78 is 16.9. The van der Waals surface area contributed by atoms with Crippen LogP contribution in [-0.4, -0.2) is 31.2 Å². The first-order chi connectivity index (χ1) is 13.5. The van der Waals surface area contributed by atoms with Gasteiger partial charge in [0.15, 0.2) is 5.75 Å². The van der Waals surface area contributed by atoms with Gasteiger partial charge in [-0.3, -0.25) is 0 Å². The van der Waals surface area contributed by atoms with Crippen molar-refractivity contribution in [2.75, 3.05) is 19.8 Å². The molecule has 0 saturated carbocycles. The second-order valence-electron chi connectivity index (χ2n) is 5.39. The Morgan fingerprint density at radius 2 is 1.68 bits per heavy atom. The second-order valence-corrected chi connectivity index (χ2v) is 7.21. The van der Waals surface area contributed by atoms with Crippen LogP contribution in [0.2, 0.25) is 10.0 Å². The molecule has 0 atom stereocenters. The molecule has 2 aromatic carbocycles. The van der Waals surface area contributed by atoms with Gasteiger partial charge in [0.05, 0.1) is 29.5 Å². The third kappa shape index (κ3) is 7.68. The number of hydrogen-bond donors (Lipinski definition) is 1. The molecule has 0 aromatic heterocycles. The van der Waals surface area contributed by atoms with Gasteiger partial charge in [0.25, 0.3) is 0 Å². The molecule has 0 aliphatic rings. The van der Waals surface area contributed by atoms with Gasteiger partial charge in [-0.05, 0) is 23.8 Å². The molecule has 0 saturated heterocycles. The quantitative estimate of drug-likeness (QED) is 0.192. The van der Waals surface area contributed by atoms with Gasteiger partial charge in [-0.1, -0.05) is 63.7 Å². The molecule has 0 fully saturated rings. The van der Waals surface area contributed by atoms with E-state index < -0.39 is 0 Å². The van der Waals surface area contributed by atoms with Crippen LogP contribution >= 0.6 is 46.4 Å². The summed E-state index contributed by atoms with van der Waals surface area (Å²) in [7, 11) is 0. The van der Waals surface area contributed by atoms with Crippen molar-refractivity contribution in [2.24, 2.45) is 5.16 Å². The normalized spacial score (nSPS) is 10.7. The summed E-state index contributed by atoms with van der Waals surface area (Å²) in [5, 5.41) is 12.2. The summed E-state index contributed by atoms with van der Waals surface area (Å²) >= 11 is 23.5. The van der Waals surface area contributed by atoms with Crippen LogP contribution in [0, 0.1) is 0 Å². The van der Waals surface area contributed by atoms with Gasteiger partial charge in [0, 0.05) is 18.6 Å². The van der Waals surface area contributed by atoms with Crippen molar-refractivity contribution in [2.45, 2.75) is 6.42 Å². The molecule has 5 nitrogen and oxygen atoms in total. The average molecular weight is 465 g/mol. The Morgan fingerprint density at radius 1 is 0.964 bits per heavy atom. The fourth-order valence-electron chi connectivity index (χ4n) is 2.13. The molecule has 0 bridgehead atoms. The Hall–Kier alpha value is -1.79. The number of hydrogen-bond acceptors (Lipinski definition) is 5. The summed E-state index contributed by atoms with van der Waals surface area (Å²) in [5.41, 5.74) is 0.737. The summed E-state index contributed by atoms with van der Waals surface area (Å²) in [6.45, 7) is 0.988. The van der Waals surface area contributed by atoms with Gasteiger partial charge in [-0.2, -0.15) is 0 Å². The monoisotopic (exact) mass is 463 g/mol. The van der Waals surface area contributed by atoms with Crippen molar-refractivity contribution in [3.8, 4) is 17.2 Å². The first kappa shape index (κ1) is 22.5. The fourth-order valence-corrected chi connectivity index (χ4v) is 2.84. The van der Waals surface area contributed by atoms with E-state index in [4.69, 9.17) is 65.8 Å². The highest BCUT2D eigenvalue weighted by atomic mass is 35.5. The molecule has 0 unspecified atom stereocenters. The third-order valence-electron chi connectivity index (χ3n) is 3.33. The topological polar surface area (TPSA) is 60.3 Å². The largest absolute Gasteiger partial charge is 0.493 e. The molecule has 0 heterocycles. The maximum absolute atomic E-state index is 8.56. The van der Waals surface area contributed by atoms with Crippen molar-refractivity contribution in [3.63, 3.8) is 0 Å². The lowest BCUT2D eigenvalue weighted by Crippen LogP contribution is -2.06. The van der Waals surface area contributed by atoms with Gasteiger partial charge in [0.1, 0.15) is 22.6 Å². The highest BCUT2D eigenvalue weighted by Crippen LogP contribution is 2.37. The Kier molecular flexibility index (Phi) is 9.58. The lowest BCUT2D eigenvalue weighted by Gasteiger charge is -2.12. The SMILES string of the molecule is ON=Cc1cccc(OCCCOc2c(Cl)cc(OCC=C(Cl)Cl)cc2Cl)c1. The number of oxime groups is 1. The fraction of sp³-hybridized carbons (Fsp3) is 0.211. The van der Waals surface area contributed by atoms with E-state index in [1.54, 1.807) is 24.3 Å². The molecule has 2 rings (SSSR count). The third-order valence-corrected chi connectivity index (χ3v) is 4.20. The highest BCUT2D eigenvalue weighted by Gasteiger charge is 2.10. The number of nitrogens with zero attached hydrogens (tertiary/aromatic N) is 1. The van der Waals surface area contributed by atoms with Crippen LogP contribution in [0.3, 0.4) is 0 Å². The van der Waals surface area contributed by atoms with Crippen LogP contribution in [0.15, 0.2) is 52.1 Å². The van der Waals surface area contributed by atoms with Crippen LogP contribution in [-0.2, 0) is 0 Å². The van der Waals surface area contributed by atoms with Gasteiger partial charge in [0.2, 0.25) is 0 Å². The van der Waals surface area contributed by atoms with Crippen molar-refractivity contribution in [1.82, 2.24) is 0 Å². The maximum Gasteiger partial charge on any atom is 0.156 e. The van der Waals surface area contributed by atoms with Crippen LogP contribution in [0.5, 0.6) is 17.2 Å². The van der Waals surface area contributed by atoms with Crippen LogP contribution in [0.25, 0.3) is 0 Å². The summed E-state index contributed by atoms with van der Waals surface area (Å²) in [6.07, 6.45) is 3.44. The number of halogens is 4. The lowest BCUT2D eigenvalue weighted by molar-refractivity contribution is 0.247. The molecular weight excluding hydrogens is 448 g/mol. The van der Waals surface area contributed by atoms with E-state index in [1.807, 2.05) is 12.1 Å². The lowest BCUT2D eigenvalue weighted by atomic mass is 10.2. The predicted molar refractivity (Wildman–Crippen MR) is 113 cm³/mol. The van der Waals surface area contributed by atoms with Crippen molar-refractivity contribution in [1.29, 1.82) is 0 Å². The molecule has 1 N–H and O–H groups in total. The van der Waals surface area contributed by atoms with E-state index in [0.29, 0.717) is 46.9 Å². The van der Waals surface area contributed by atoms with Gasteiger partial charge < -0.3 is 19.4 Å². The Bertz CT molecular complexity index is 815. The first-order valence-electron chi connectivity index (χ1n) is 8.15. The van der Waals surface area contributed by atoms with Gasteiger partial charge in [-0.25, -0.2) is 0 Å². The molecule has 0 amide bonds. The number of benzene rings is 2. The molecule has 9 heteroatoms. The second kappa shape index (κ2) is 11.9. The number of ether oxygens (including phenoxy) is 3. The summed E-state index contributed by atoms with van der Waals surface area (Å²) in [5.74, 6) is 1.52. The summed E-state index contributed by atoms with van der Waals surface area (Å²) in [6, 6.07) is 10.4. The van der Waals surface area contributed by atoms with Gasteiger partial charge in [-0.15, -0.1) is 0 Å². The maximum atomic E-state index is 8.56. The standard InChI is InChI=1S/C19H17Cl4NO4/c20-16-10-15(27-8-5-18(22)23)11-17(21)19(16)28-7-2-6-26-14-4-1-3-13(9-14)12-24-25/h1,3-5,9-12,25H,2,6-8H2. The van der Waals surface area contributed by atoms with Crippen molar-refractivity contribution in [3.05, 3.63) is 62.6 Å². The molecule has 28 heavy (non-hydrogen) atoms. The molecular formula is C19H17Cl4NO4. The van der Waals surface area contributed by atoms with Crippen LogP contribution < -0.4 is 14.2 Å². The van der Waals surface area contributed by atoms with E-state index >= 15 is 0 Å². The minimum absolute atomic E-state index is 0.118. The van der Waals surface area contributed by atoms with Crippen LogP contribution in [0.4, 0.5) is 0 Å². The van der Waals surface area contributed by atoms with E-state index in [-0.39, 0.29) is 11.1 Å². The summed E-state index contributed by atoms with van der Waals surface area (Å²) in [4.78, 5) is 0. The van der Waals surface area contributed by atoms with Crippen LogP contribution in [0.1, 0.15) is 12.0 Å². The Morgan fingerprint density at radius 3 is 2.36 bits per heavy atom. The predicted octanol–water partition coefficient (Wildman–Crippen LogP) is 6.35. The van der Waals surface area contributed by atoms with E-state index in [1.165, 1.54) is 12.3 Å². The van der Waals surface area contributed by atoms with Crippen molar-refractivity contribution < 1.29 is 19.4 Å². The molecule has 2 aromatic rings. The Balaban J connectivity index is 1.81. The van der Waals surface area contributed by atoms with E-state index in [0.717, 1.165) is 5.56 Å². The zero-order valence-corrected chi connectivity index (χ0v) is 17.6. The number of rotatable bonds is 10. The highest BCUT2D eigenvalue weighted by molar-refractivity contribution is 6.55. The van der Waals surface area contributed by atoms with Gasteiger partial charge >= 0.3 is 0 Å². The van der Waals surface area contributed by atoms with E-state index in [9.17, 15) is 0 Å². The first-order valence-corrected chi connectivity index (χ1v) is 9.67. The molecule has 0 radical (unpaired) electrons. The molecule has 150 valence electrons. The van der Waals surface area contributed by atoms with E-state index in [2.05, 4.69) is 5.16 Å². The zero-order chi connectivity index (χ0) is 20.4. The average Bonchev–Trinajstić information content (AvgIpc) is 2.64. The Labute approximate surface area is 183 Å². The molecule has 0 aliphatic heterocycles. The van der Waals surface area contributed by atoms with Crippen molar-refractivity contribution >= 4 is 52.6 Å². The smallest absolute Gasteiger partial charge is 0.156 e. The minimum Gasteiger partial charge on any atom is -0.493 e. The molecule has 0 spiro atoms. The zero-order valence-electron chi connectivity index (χ0n) is 14.6. The minimum atomic E-state index is 0.118.